The second-order valence-electron chi connectivity index (χ2n) is 6.01. The van der Waals surface area contributed by atoms with Crippen molar-refractivity contribution in [1.82, 2.24) is 19.4 Å². The van der Waals surface area contributed by atoms with Crippen molar-refractivity contribution in [2.45, 2.75) is 24.8 Å². The topological polar surface area (TPSA) is 67.2 Å². The average Bonchev–Trinajstić information content (AvgIpc) is 2.80. The summed E-state index contributed by atoms with van der Waals surface area (Å²) in [5.41, 5.74) is 2.06. The molecule has 1 aliphatic rings. The van der Waals surface area contributed by atoms with Gasteiger partial charge in [-0.25, -0.2) is 8.42 Å². The third-order valence-corrected chi connectivity index (χ3v) is 6.83. The van der Waals surface area contributed by atoms with Crippen LogP contribution in [0.25, 0.3) is 0 Å². The Balaban J connectivity index is 0.00000225. The lowest BCUT2D eigenvalue weighted by Crippen LogP contribution is -2.48. The van der Waals surface area contributed by atoms with Crippen LogP contribution in [-0.2, 0) is 17.1 Å². The first-order valence-corrected chi connectivity index (χ1v) is 9.62. The van der Waals surface area contributed by atoms with E-state index in [1.54, 1.807) is 35.9 Å². The lowest BCUT2D eigenvalue weighted by atomic mass is 10.1. The minimum atomic E-state index is -3.65. The molecule has 0 aliphatic carbocycles. The van der Waals surface area contributed by atoms with Gasteiger partial charge in [0.25, 0.3) is 0 Å². The molecule has 0 radical (unpaired) electrons. The first-order chi connectivity index (χ1) is 11.3. The van der Waals surface area contributed by atoms with Gasteiger partial charge in [0.05, 0.1) is 17.4 Å². The minimum absolute atomic E-state index is 0. The van der Waals surface area contributed by atoms with Crippen LogP contribution in [0.4, 0.5) is 0 Å². The monoisotopic (exact) mass is 404 g/mol. The third kappa shape index (κ3) is 3.71. The molecule has 2 heterocycles. The van der Waals surface area contributed by atoms with Crippen molar-refractivity contribution in [2.24, 2.45) is 7.05 Å². The zero-order valence-corrected chi connectivity index (χ0v) is 16.7. The number of rotatable bonds is 3. The maximum Gasteiger partial charge on any atom is 0.247 e. The third-order valence-electron chi connectivity index (χ3n) is 4.44. The van der Waals surface area contributed by atoms with Gasteiger partial charge in [0, 0.05) is 31.7 Å². The van der Waals surface area contributed by atoms with Crippen LogP contribution in [0, 0.1) is 13.8 Å². The molecule has 2 aromatic rings. The van der Waals surface area contributed by atoms with Gasteiger partial charge in [-0.3, -0.25) is 4.68 Å². The number of hydrogen-bond donors (Lipinski definition) is 1. The summed E-state index contributed by atoms with van der Waals surface area (Å²) in [5, 5.41) is 8.13. The van der Waals surface area contributed by atoms with Gasteiger partial charge in [0.2, 0.25) is 10.0 Å². The van der Waals surface area contributed by atoms with Crippen LogP contribution >= 0.6 is 24.0 Å². The van der Waals surface area contributed by atoms with E-state index in [1.165, 1.54) is 0 Å². The quantitative estimate of drug-likeness (QED) is 0.852. The molecule has 1 fully saturated rings. The van der Waals surface area contributed by atoms with Gasteiger partial charge >= 0.3 is 0 Å². The molecule has 3 rings (SSSR count). The summed E-state index contributed by atoms with van der Waals surface area (Å²) in [6.07, 6.45) is 0. The lowest BCUT2D eigenvalue weighted by Gasteiger charge is -2.35. The molecule has 1 unspecified atom stereocenters. The Hall–Kier alpha value is -1.12. The van der Waals surface area contributed by atoms with Crippen LogP contribution in [0.3, 0.4) is 0 Å². The predicted molar refractivity (Wildman–Crippen MR) is 101 cm³/mol. The van der Waals surface area contributed by atoms with Crippen molar-refractivity contribution >= 4 is 34.0 Å². The van der Waals surface area contributed by atoms with Crippen LogP contribution in [0.1, 0.15) is 23.0 Å². The Kier molecular flexibility index (Phi) is 6.17. The highest BCUT2D eigenvalue weighted by molar-refractivity contribution is 7.89. The van der Waals surface area contributed by atoms with E-state index < -0.39 is 10.0 Å². The van der Waals surface area contributed by atoms with Gasteiger partial charge in [-0.05, 0) is 31.5 Å². The van der Waals surface area contributed by atoms with E-state index in [0.717, 1.165) is 5.56 Å². The van der Waals surface area contributed by atoms with Crippen molar-refractivity contribution in [3.63, 3.8) is 0 Å². The highest BCUT2D eigenvalue weighted by atomic mass is 35.5. The molecule has 9 heteroatoms. The number of aromatic nitrogens is 2. The molecule has 1 saturated heterocycles. The fourth-order valence-corrected chi connectivity index (χ4v) is 5.43. The average molecular weight is 405 g/mol. The number of halogens is 2. The fourth-order valence-electron chi connectivity index (χ4n) is 3.22. The number of piperazine rings is 1. The Morgan fingerprint density at radius 3 is 2.64 bits per heavy atom. The fraction of sp³-hybridized carbons (Fsp3) is 0.438. The summed E-state index contributed by atoms with van der Waals surface area (Å²) in [4.78, 5) is 0.305. The van der Waals surface area contributed by atoms with Crippen LogP contribution in [0.15, 0.2) is 29.2 Å². The highest BCUT2D eigenvalue weighted by Gasteiger charge is 2.37. The van der Waals surface area contributed by atoms with Crippen LogP contribution in [-0.4, -0.2) is 42.1 Å². The van der Waals surface area contributed by atoms with Crippen molar-refractivity contribution in [2.75, 3.05) is 19.6 Å². The number of benzene rings is 1. The van der Waals surface area contributed by atoms with Crippen molar-refractivity contribution in [1.29, 1.82) is 0 Å². The molecule has 1 aliphatic heterocycles. The van der Waals surface area contributed by atoms with E-state index in [0.29, 0.717) is 40.9 Å². The van der Waals surface area contributed by atoms with E-state index in [4.69, 9.17) is 11.6 Å². The molecule has 1 aromatic carbocycles. The maximum atomic E-state index is 13.3. The van der Waals surface area contributed by atoms with Gasteiger partial charge in [0.1, 0.15) is 4.90 Å². The van der Waals surface area contributed by atoms with Gasteiger partial charge in [-0.2, -0.15) is 9.40 Å². The number of nitrogens with one attached hydrogen (secondary N) is 1. The Bertz CT molecular complexity index is 867. The van der Waals surface area contributed by atoms with Gasteiger partial charge in [-0.1, -0.05) is 23.7 Å². The smallest absolute Gasteiger partial charge is 0.247 e. The first kappa shape index (κ1) is 20.2. The van der Waals surface area contributed by atoms with E-state index in [1.807, 2.05) is 18.2 Å². The maximum absolute atomic E-state index is 13.3. The molecule has 0 spiro atoms. The van der Waals surface area contributed by atoms with Crippen LogP contribution in [0.5, 0.6) is 0 Å². The second-order valence-corrected chi connectivity index (χ2v) is 8.28. The molecule has 1 aromatic heterocycles. The predicted octanol–water partition coefficient (Wildman–Crippen LogP) is 2.45. The largest absolute Gasteiger partial charge is 0.313 e. The Morgan fingerprint density at radius 1 is 1.32 bits per heavy atom. The minimum Gasteiger partial charge on any atom is -0.313 e. The van der Waals surface area contributed by atoms with E-state index >= 15 is 0 Å². The summed E-state index contributed by atoms with van der Waals surface area (Å²) in [6.45, 7) is 5.10. The van der Waals surface area contributed by atoms with E-state index in [9.17, 15) is 8.42 Å². The standard InChI is InChI=1S/C16H21ClN4O2S.ClH/c1-11-16(12(2)20(3)19-11)24(22,23)21-8-7-18-10-15(21)13-5-4-6-14(17)9-13;/h4-6,9,15,18H,7-8,10H2,1-3H3;1H. The molecule has 1 N–H and O–H groups in total. The first-order valence-electron chi connectivity index (χ1n) is 7.80. The van der Waals surface area contributed by atoms with Crippen molar-refractivity contribution in [3.8, 4) is 0 Å². The van der Waals surface area contributed by atoms with Crippen molar-refractivity contribution < 1.29 is 8.42 Å². The summed E-state index contributed by atoms with van der Waals surface area (Å²) in [7, 11) is -1.89. The Labute approximate surface area is 159 Å². The van der Waals surface area contributed by atoms with Crippen LogP contribution in [0.2, 0.25) is 5.02 Å². The number of sulfonamides is 1. The molecule has 0 amide bonds. The second kappa shape index (κ2) is 7.63. The van der Waals surface area contributed by atoms with Gasteiger partial charge < -0.3 is 5.32 Å². The van der Waals surface area contributed by atoms with Crippen molar-refractivity contribution in [3.05, 3.63) is 46.2 Å². The summed E-state index contributed by atoms with van der Waals surface area (Å²) in [5.74, 6) is 0. The van der Waals surface area contributed by atoms with Crippen LogP contribution < -0.4 is 5.32 Å². The normalized spacial score (nSPS) is 18.8. The lowest BCUT2D eigenvalue weighted by molar-refractivity contribution is 0.271. The number of hydrogen-bond acceptors (Lipinski definition) is 4. The Morgan fingerprint density at radius 2 is 2.04 bits per heavy atom. The molecule has 25 heavy (non-hydrogen) atoms. The number of nitrogens with zero attached hydrogens (tertiary/aromatic N) is 3. The number of aryl methyl sites for hydroxylation is 2. The highest BCUT2D eigenvalue weighted by Crippen LogP contribution is 2.32. The molecular weight excluding hydrogens is 383 g/mol. The van der Waals surface area contributed by atoms with E-state index in [-0.39, 0.29) is 18.4 Å². The SMILES string of the molecule is Cc1nn(C)c(C)c1S(=O)(=O)N1CCNCC1c1cccc(Cl)c1.Cl. The zero-order valence-electron chi connectivity index (χ0n) is 14.4. The summed E-state index contributed by atoms with van der Waals surface area (Å²) < 4.78 is 29.8. The zero-order chi connectivity index (χ0) is 17.5. The molecule has 138 valence electrons. The molecule has 1 atom stereocenters. The summed E-state index contributed by atoms with van der Waals surface area (Å²) in [6, 6.07) is 7.08. The van der Waals surface area contributed by atoms with E-state index in [2.05, 4.69) is 10.4 Å². The van der Waals surface area contributed by atoms with Gasteiger partial charge in [0.15, 0.2) is 0 Å². The molecule has 0 bridgehead atoms. The molecular formula is C16H22Cl2N4O2S. The van der Waals surface area contributed by atoms with Gasteiger partial charge in [-0.15, -0.1) is 12.4 Å². The molecule has 0 saturated carbocycles. The summed E-state index contributed by atoms with van der Waals surface area (Å²) >= 11 is 6.10. The molecule has 6 nitrogen and oxygen atoms in total.